The maximum absolute atomic E-state index is 12.5. The first-order valence-corrected chi connectivity index (χ1v) is 7.47. The predicted molar refractivity (Wildman–Crippen MR) is 81.4 cm³/mol. The molecule has 0 aliphatic carbocycles. The van der Waals surface area contributed by atoms with Crippen LogP contribution in [-0.2, 0) is 23.1 Å². The van der Waals surface area contributed by atoms with Crippen LogP contribution < -0.4 is 0 Å². The number of hydrogen-bond acceptors (Lipinski definition) is 3. The highest BCUT2D eigenvalue weighted by Crippen LogP contribution is 2.21. The zero-order chi connectivity index (χ0) is 15.7. The SMILES string of the molecule is Cn1nc(CC(=O)N2CCC[C@H](C(=O)O)C2)c2ccccc21. The van der Waals surface area contributed by atoms with Crippen molar-refractivity contribution in [2.24, 2.45) is 13.0 Å². The lowest BCUT2D eigenvalue weighted by Crippen LogP contribution is -2.43. The molecule has 0 spiro atoms. The number of amides is 1. The van der Waals surface area contributed by atoms with E-state index in [2.05, 4.69) is 5.10 Å². The van der Waals surface area contributed by atoms with Gasteiger partial charge in [-0.2, -0.15) is 5.10 Å². The molecule has 2 heterocycles. The van der Waals surface area contributed by atoms with E-state index in [1.165, 1.54) is 0 Å². The maximum atomic E-state index is 12.5. The number of likely N-dealkylation sites (tertiary alicyclic amines) is 1. The molecular formula is C16H19N3O3. The van der Waals surface area contributed by atoms with Crippen LogP contribution in [0.3, 0.4) is 0 Å². The number of fused-ring (bicyclic) bond motifs is 1. The van der Waals surface area contributed by atoms with Crippen LogP contribution in [0.2, 0.25) is 0 Å². The molecule has 1 fully saturated rings. The molecule has 1 amide bonds. The second-order valence-corrected chi connectivity index (χ2v) is 5.78. The number of carbonyl (C=O) groups is 2. The molecule has 1 aromatic heterocycles. The smallest absolute Gasteiger partial charge is 0.308 e. The predicted octanol–water partition coefficient (Wildman–Crippen LogP) is 1.44. The normalized spacial score (nSPS) is 18.6. The fraction of sp³-hybridized carbons (Fsp3) is 0.438. The number of hydrogen-bond donors (Lipinski definition) is 1. The van der Waals surface area contributed by atoms with Crippen molar-refractivity contribution >= 4 is 22.8 Å². The van der Waals surface area contributed by atoms with Crippen LogP contribution in [0, 0.1) is 5.92 Å². The maximum Gasteiger partial charge on any atom is 0.308 e. The van der Waals surface area contributed by atoms with Crippen LogP contribution in [0.25, 0.3) is 10.9 Å². The number of para-hydroxylation sites is 1. The number of aromatic nitrogens is 2. The fourth-order valence-corrected chi connectivity index (χ4v) is 3.08. The van der Waals surface area contributed by atoms with Crippen molar-refractivity contribution in [1.82, 2.24) is 14.7 Å². The third-order valence-corrected chi connectivity index (χ3v) is 4.28. The number of rotatable bonds is 3. The minimum Gasteiger partial charge on any atom is -0.481 e. The largest absolute Gasteiger partial charge is 0.481 e. The minimum absolute atomic E-state index is 0.0465. The summed E-state index contributed by atoms with van der Waals surface area (Å²) in [6, 6.07) is 7.80. The molecule has 1 saturated heterocycles. The quantitative estimate of drug-likeness (QED) is 0.931. The van der Waals surface area contributed by atoms with E-state index in [1.807, 2.05) is 31.3 Å². The Morgan fingerprint density at radius 1 is 1.36 bits per heavy atom. The Morgan fingerprint density at radius 3 is 2.91 bits per heavy atom. The molecule has 0 bridgehead atoms. The molecule has 3 rings (SSSR count). The number of aryl methyl sites for hydroxylation is 1. The van der Waals surface area contributed by atoms with E-state index in [0.29, 0.717) is 19.5 Å². The van der Waals surface area contributed by atoms with Gasteiger partial charge < -0.3 is 10.0 Å². The molecule has 1 aliphatic heterocycles. The average molecular weight is 301 g/mol. The summed E-state index contributed by atoms with van der Waals surface area (Å²) in [5, 5.41) is 14.5. The highest BCUT2D eigenvalue weighted by Gasteiger charge is 2.28. The van der Waals surface area contributed by atoms with Gasteiger partial charge in [-0.3, -0.25) is 14.3 Å². The summed E-state index contributed by atoms with van der Waals surface area (Å²) < 4.78 is 1.77. The van der Waals surface area contributed by atoms with Gasteiger partial charge in [0.15, 0.2) is 0 Å². The zero-order valence-electron chi connectivity index (χ0n) is 12.5. The molecule has 6 nitrogen and oxygen atoms in total. The summed E-state index contributed by atoms with van der Waals surface area (Å²) in [6.45, 7) is 0.937. The van der Waals surface area contributed by atoms with Gasteiger partial charge in [-0.05, 0) is 18.9 Å². The van der Waals surface area contributed by atoms with Crippen molar-refractivity contribution < 1.29 is 14.7 Å². The summed E-state index contributed by atoms with van der Waals surface area (Å²) >= 11 is 0. The van der Waals surface area contributed by atoms with Gasteiger partial charge in [0, 0.05) is 25.5 Å². The van der Waals surface area contributed by atoms with Gasteiger partial charge in [-0.1, -0.05) is 18.2 Å². The Morgan fingerprint density at radius 2 is 2.14 bits per heavy atom. The van der Waals surface area contributed by atoms with E-state index in [4.69, 9.17) is 5.11 Å². The van der Waals surface area contributed by atoms with Gasteiger partial charge in [-0.25, -0.2) is 0 Å². The molecule has 0 saturated carbocycles. The topological polar surface area (TPSA) is 75.4 Å². The summed E-state index contributed by atoms with van der Waals surface area (Å²) in [5.74, 6) is -1.31. The van der Waals surface area contributed by atoms with Crippen molar-refractivity contribution in [2.75, 3.05) is 13.1 Å². The number of piperidine rings is 1. The third-order valence-electron chi connectivity index (χ3n) is 4.28. The van der Waals surface area contributed by atoms with E-state index >= 15 is 0 Å². The van der Waals surface area contributed by atoms with Gasteiger partial charge in [0.25, 0.3) is 0 Å². The fourth-order valence-electron chi connectivity index (χ4n) is 3.08. The van der Waals surface area contributed by atoms with Gasteiger partial charge in [0.1, 0.15) is 0 Å². The minimum atomic E-state index is -0.819. The molecule has 6 heteroatoms. The van der Waals surface area contributed by atoms with Crippen LogP contribution in [0.4, 0.5) is 0 Å². The Hall–Kier alpha value is -2.37. The van der Waals surface area contributed by atoms with Crippen LogP contribution in [0.1, 0.15) is 18.5 Å². The summed E-state index contributed by atoms with van der Waals surface area (Å²) in [7, 11) is 1.86. The Balaban J connectivity index is 1.77. The van der Waals surface area contributed by atoms with Crippen LogP contribution in [0.15, 0.2) is 24.3 Å². The Bertz CT molecular complexity index is 722. The van der Waals surface area contributed by atoms with Crippen molar-refractivity contribution in [3.05, 3.63) is 30.0 Å². The van der Waals surface area contributed by atoms with Crippen molar-refractivity contribution in [1.29, 1.82) is 0 Å². The summed E-state index contributed by atoms with van der Waals surface area (Å²) in [6.07, 6.45) is 1.60. The van der Waals surface area contributed by atoms with Crippen molar-refractivity contribution in [3.63, 3.8) is 0 Å². The first-order chi connectivity index (χ1) is 10.6. The molecule has 1 aromatic carbocycles. The van der Waals surface area contributed by atoms with Crippen molar-refractivity contribution in [2.45, 2.75) is 19.3 Å². The second-order valence-electron chi connectivity index (χ2n) is 5.78. The van der Waals surface area contributed by atoms with Crippen LogP contribution >= 0.6 is 0 Å². The highest BCUT2D eigenvalue weighted by molar-refractivity contribution is 5.88. The molecule has 116 valence electrons. The van der Waals surface area contributed by atoms with E-state index in [9.17, 15) is 9.59 Å². The van der Waals surface area contributed by atoms with Crippen LogP contribution in [0.5, 0.6) is 0 Å². The van der Waals surface area contributed by atoms with E-state index < -0.39 is 11.9 Å². The van der Waals surface area contributed by atoms with Gasteiger partial charge >= 0.3 is 5.97 Å². The molecule has 0 radical (unpaired) electrons. The average Bonchev–Trinajstić information content (AvgIpc) is 2.84. The van der Waals surface area contributed by atoms with E-state index in [0.717, 1.165) is 23.0 Å². The molecular weight excluding hydrogens is 282 g/mol. The first-order valence-electron chi connectivity index (χ1n) is 7.47. The monoisotopic (exact) mass is 301 g/mol. The molecule has 1 N–H and O–H groups in total. The van der Waals surface area contributed by atoms with Gasteiger partial charge in [0.05, 0.1) is 23.5 Å². The number of carboxylic acid groups (broad SMARTS) is 1. The number of nitrogens with zero attached hydrogens (tertiary/aromatic N) is 3. The summed E-state index contributed by atoms with van der Waals surface area (Å²) in [5.41, 5.74) is 1.74. The first kappa shape index (κ1) is 14.6. The number of carbonyl (C=O) groups excluding carboxylic acids is 1. The molecule has 1 atom stereocenters. The lowest BCUT2D eigenvalue weighted by molar-refractivity contribution is -0.145. The van der Waals surface area contributed by atoms with E-state index in [1.54, 1.807) is 9.58 Å². The van der Waals surface area contributed by atoms with Crippen LogP contribution in [-0.4, -0.2) is 44.8 Å². The number of benzene rings is 1. The summed E-state index contributed by atoms with van der Waals surface area (Å²) in [4.78, 5) is 25.2. The zero-order valence-corrected chi connectivity index (χ0v) is 12.5. The highest BCUT2D eigenvalue weighted by atomic mass is 16.4. The standard InChI is InChI=1S/C16H19N3O3/c1-18-14-7-3-2-6-12(14)13(17-18)9-15(20)19-8-4-5-11(10-19)16(21)22/h2-3,6-7,11H,4-5,8-10H2,1H3,(H,21,22)/t11-/m0/s1. The second kappa shape index (κ2) is 5.79. The number of aliphatic carboxylic acids is 1. The molecule has 1 aliphatic rings. The lowest BCUT2D eigenvalue weighted by Gasteiger charge is -2.30. The third kappa shape index (κ3) is 2.68. The lowest BCUT2D eigenvalue weighted by atomic mass is 9.98. The Kier molecular flexibility index (Phi) is 3.83. The van der Waals surface area contributed by atoms with Gasteiger partial charge in [-0.15, -0.1) is 0 Å². The van der Waals surface area contributed by atoms with Gasteiger partial charge in [0.2, 0.25) is 5.91 Å². The molecule has 2 aromatic rings. The van der Waals surface area contributed by atoms with Crippen molar-refractivity contribution in [3.8, 4) is 0 Å². The Labute approximate surface area is 128 Å². The molecule has 22 heavy (non-hydrogen) atoms. The van der Waals surface area contributed by atoms with E-state index in [-0.39, 0.29) is 12.3 Å². The number of carboxylic acids is 1. The molecule has 0 unspecified atom stereocenters.